The van der Waals surface area contributed by atoms with Gasteiger partial charge in [0, 0.05) is 13.6 Å². The molecule has 2 fully saturated rings. The summed E-state index contributed by atoms with van der Waals surface area (Å²) in [6.07, 6.45) is 8.00. The van der Waals surface area contributed by atoms with Crippen molar-refractivity contribution in [2.24, 2.45) is 11.3 Å². The van der Waals surface area contributed by atoms with Crippen LogP contribution in [0.25, 0.3) is 0 Å². The zero-order chi connectivity index (χ0) is 11.6. The molecule has 1 amide bonds. The Morgan fingerprint density at radius 1 is 1.31 bits per heavy atom. The van der Waals surface area contributed by atoms with Crippen molar-refractivity contribution in [2.75, 3.05) is 20.2 Å². The summed E-state index contributed by atoms with van der Waals surface area (Å²) in [5, 5.41) is 9.37. The lowest BCUT2D eigenvalue weighted by atomic mass is 9.68. The molecule has 3 heteroatoms. The first-order chi connectivity index (χ1) is 7.68. The smallest absolute Gasteiger partial charge is 0.230 e. The van der Waals surface area contributed by atoms with E-state index in [0.717, 1.165) is 25.8 Å². The number of amides is 1. The first-order valence-corrected chi connectivity index (χ1v) is 6.54. The molecule has 0 bridgehead atoms. The van der Waals surface area contributed by atoms with E-state index in [-0.39, 0.29) is 12.5 Å². The summed E-state index contributed by atoms with van der Waals surface area (Å²) in [6.45, 7) is 0.918. The van der Waals surface area contributed by atoms with E-state index in [4.69, 9.17) is 0 Å². The van der Waals surface area contributed by atoms with Crippen LogP contribution in [0.1, 0.15) is 44.9 Å². The Labute approximate surface area is 97.8 Å². The van der Waals surface area contributed by atoms with E-state index in [1.165, 1.54) is 25.7 Å². The Morgan fingerprint density at radius 3 is 2.38 bits per heavy atom. The molecule has 0 saturated heterocycles. The molecule has 0 atom stereocenters. The number of aliphatic hydroxyl groups is 1. The van der Waals surface area contributed by atoms with Gasteiger partial charge in [0.1, 0.15) is 0 Å². The number of hydrogen-bond donors (Lipinski definition) is 1. The highest BCUT2D eigenvalue weighted by atomic mass is 16.3. The minimum absolute atomic E-state index is 0.0286. The van der Waals surface area contributed by atoms with Crippen molar-refractivity contribution in [1.82, 2.24) is 4.90 Å². The molecular formula is C13H23NO2. The second-order valence-corrected chi connectivity index (χ2v) is 5.63. The highest BCUT2D eigenvalue weighted by Crippen LogP contribution is 2.42. The van der Waals surface area contributed by atoms with Crippen LogP contribution in [0, 0.1) is 11.3 Å². The van der Waals surface area contributed by atoms with E-state index in [1.807, 2.05) is 11.9 Å². The molecule has 3 nitrogen and oxygen atoms in total. The number of nitrogens with zero attached hydrogens (tertiary/aromatic N) is 1. The van der Waals surface area contributed by atoms with Crippen molar-refractivity contribution in [1.29, 1.82) is 0 Å². The van der Waals surface area contributed by atoms with Gasteiger partial charge in [-0.25, -0.2) is 0 Å². The molecule has 2 aliphatic carbocycles. The summed E-state index contributed by atoms with van der Waals surface area (Å²) < 4.78 is 0. The summed E-state index contributed by atoms with van der Waals surface area (Å²) in [5.41, 5.74) is -0.409. The first kappa shape index (κ1) is 11.9. The minimum Gasteiger partial charge on any atom is -0.395 e. The number of aliphatic hydroxyl groups excluding tert-OH is 1. The van der Waals surface area contributed by atoms with Crippen LogP contribution < -0.4 is 0 Å². The Balaban J connectivity index is 1.88. The van der Waals surface area contributed by atoms with E-state index in [9.17, 15) is 9.90 Å². The number of carbonyl (C=O) groups excluding carboxylic acids is 1. The lowest BCUT2D eigenvalue weighted by Gasteiger charge is -2.41. The summed E-state index contributed by atoms with van der Waals surface area (Å²) >= 11 is 0. The maximum absolute atomic E-state index is 12.2. The molecule has 0 spiro atoms. The number of hydrogen-bond acceptors (Lipinski definition) is 2. The van der Waals surface area contributed by atoms with E-state index < -0.39 is 5.41 Å². The standard InChI is InChI=1S/C13H23NO2/c1-14(9-11-5-2-3-6-11)12(16)13(10-15)7-4-8-13/h11,15H,2-10H2,1H3. The molecule has 0 radical (unpaired) electrons. The maximum Gasteiger partial charge on any atom is 0.230 e. The van der Waals surface area contributed by atoms with Crippen molar-refractivity contribution < 1.29 is 9.90 Å². The molecule has 0 aromatic heterocycles. The van der Waals surface area contributed by atoms with Crippen LogP contribution in [-0.2, 0) is 4.79 Å². The fourth-order valence-corrected chi connectivity index (χ4v) is 3.11. The van der Waals surface area contributed by atoms with E-state index in [1.54, 1.807) is 0 Å². The second-order valence-electron chi connectivity index (χ2n) is 5.63. The molecule has 0 heterocycles. The highest BCUT2D eigenvalue weighted by Gasteiger charge is 2.45. The van der Waals surface area contributed by atoms with Gasteiger partial charge in [0.15, 0.2) is 0 Å². The number of carbonyl (C=O) groups is 1. The van der Waals surface area contributed by atoms with Crippen molar-refractivity contribution in [3.63, 3.8) is 0 Å². The molecule has 92 valence electrons. The predicted molar refractivity (Wildman–Crippen MR) is 63.0 cm³/mol. The van der Waals surface area contributed by atoms with Crippen LogP contribution in [0.5, 0.6) is 0 Å². The SMILES string of the molecule is CN(CC1CCCC1)C(=O)C1(CO)CCC1. The van der Waals surface area contributed by atoms with E-state index in [0.29, 0.717) is 5.92 Å². The van der Waals surface area contributed by atoms with E-state index in [2.05, 4.69) is 0 Å². The van der Waals surface area contributed by atoms with Crippen LogP contribution in [0.4, 0.5) is 0 Å². The van der Waals surface area contributed by atoms with Gasteiger partial charge in [-0.15, -0.1) is 0 Å². The average molecular weight is 225 g/mol. The topological polar surface area (TPSA) is 40.5 Å². The molecule has 2 aliphatic rings. The summed E-state index contributed by atoms with van der Waals surface area (Å²) in [6, 6.07) is 0. The third kappa shape index (κ3) is 2.10. The zero-order valence-electron chi connectivity index (χ0n) is 10.2. The lowest BCUT2D eigenvalue weighted by Crippen LogP contribution is -2.49. The maximum atomic E-state index is 12.2. The quantitative estimate of drug-likeness (QED) is 0.792. The van der Waals surface area contributed by atoms with Gasteiger partial charge in [0.2, 0.25) is 5.91 Å². The molecular weight excluding hydrogens is 202 g/mol. The molecule has 2 rings (SSSR count). The monoisotopic (exact) mass is 225 g/mol. The molecule has 0 aromatic rings. The largest absolute Gasteiger partial charge is 0.395 e. The third-order valence-corrected chi connectivity index (χ3v) is 4.42. The minimum atomic E-state index is -0.409. The zero-order valence-corrected chi connectivity index (χ0v) is 10.2. The van der Waals surface area contributed by atoms with Crippen LogP contribution in [0.15, 0.2) is 0 Å². The van der Waals surface area contributed by atoms with Crippen molar-refractivity contribution in [2.45, 2.75) is 44.9 Å². The van der Waals surface area contributed by atoms with Crippen molar-refractivity contribution in [3.05, 3.63) is 0 Å². The normalized spacial score (nSPS) is 24.1. The van der Waals surface area contributed by atoms with E-state index >= 15 is 0 Å². The van der Waals surface area contributed by atoms with Crippen LogP contribution in [-0.4, -0.2) is 36.1 Å². The van der Waals surface area contributed by atoms with Gasteiger partial charge in [-0.3, -0.25) is 4.79 Å². The molecule has 1 N–H and O–H groups in total. The van der Waals surface area contributed by atoms with Crippen LogP contribution >= 0.6 is 0 Å². The molecule has 2 saturated carbocycles. The van der Waals surface area contributed by atoms with Crippen LogP contribution in [0.2, 0.25) is 0 Å². The molecule has 0 aromatic carbocycles. The van der Waals surface area contributed by atoms with Gasteiger partial charge in [-0.2, -0.15) is 0 Å². The number of rotatable bonds is 4. The van der Waals surface area contributed by atoms with Gasteiger partial charge in [-0.1, -0.05) is 19.3 Å². The lowest BCUT2D eigenvalue weighted by molar-refractivity contribution is -0.150. The second kappa shape index (κ2) is 4.74. The van der Waals surface area contributed by atoms with Crippen molar-refractivity contribution >= 4 is 5.91 Å². The third-order valence-electron chi connectivity index (χ3n) is 4.42. The Morgan fingerprint density at radius 2 is 1.94 bits per heavy atom. The van der Waals surface area contributed by atoms with Gasteiger partial charge in [-0.05, 0) is 31.6 Å². The Hall–Kier alpha value is -0.570. The Kier molecular flexibility index (Phi) is 3.53. The fraction of sp³-hybridized carbons (Fsp3) is 0.923. The van der Waals surface area contributed by atoms with Gasteiger partial charge >= 0.3 is 0 Å². The van der Waals surface area contributed by atoms with Gasteiger partial charge < -0.3 is 10.0 Å². The highest BCUT2D eigenvalue weighted by molar-refractivity contribution is 5.83. The molecule has 16 heavy (non-hydrogen) atoms. The summed E-state index contributed by atoms with van der Waals surface area (Å²) in [7, 11) is 1.90. The van der Waals surface area contributed by atoms with Crippen molar-refractivity contribution in [3.8, 4) is 0 Å². The van der Waals surface area contributed by atoms with Gasteiger partial charge in [0.25, 0.3) is 0 Å². The average Bonchev–Trinajstić information content (AvgIpc) is 2.69. The van der Waals surface area contributed by atoms with Crippen LogP contribution in [0.3, 0.4) is 0 Å². The summed E-state index contributed by atoms with van der Waals surface area (Å²) in [5.74, 6) is 0.873. The first-order valence-electron chi connectivity index (χ1n) is 6.54. The predicted octanol–water partition coefficient (Wildman–Crippen LogP) is 1.80. The Bertz CT molecular complexity index is 249. The molecule has 0 unspecified atom stereocenters. The summed E-state index contributed by atoms with van der Waals surface area (Å²) in [4.78, 5) is 14.1. The van der Waals surface area contributed by atoms with Gasteiger partial charge in [0.05, 0.1) is 12.0 Å². The molecule has 0 aliphatic heterocycles. The fourth-order valence-electron chi connectivity index (χ4n) is 3.11.